The zero-order chi connectivity index (χ0) is 9.42. The van der Waals surface area contributed by atoms with Gasteiger partial charge in [-0.1, -0.05) is 6.07 Å². The van der Waals surface area contributed by atoms with E-state index in [0.29, 0.717) is 6.04 Å². The fraction of sp³-hybridized carbons (Fsp3) is 0.455. The van der Waals surface area contributed by atoms with E-state index in [2.05, 4.69) is 31.1 Å². The lowest BCUT2D eigenvalue weighted by molar-refractivity contribution is 0.303. The lowest BCUT2D eigenvalue weighted by atomic mass is 10.1. The summed E-state index contributed by atoms with van der Waals surface area (Å²) in [6.45, 7) is 0. The number of hydrogen-bond donors (Lipinski definition) is 1. The van der Waals surface area contributed by atoms with Crippen LogP contribution in [0.15, 0.2) is 18.2 Å². The quantitative estimate of drug-likeness (QED) is 0.653. The predicted octanol–water partition coefficient (Wildman–Crippen LogP) is 1.30. The first kappa shape index (κ1) is 8.57. The second-order valence-electron chi connectivity index (χ2n) is 4.05. The monoisotopic (exact) mass is 176 g/mol. The smallest absolute Gasteiger partial charge is 0.0316 e. The van der Waals surface area contributed by atoms with Crippen molar-refractivity contribution in [3.8, 4) is 0 Å². The van der Waals surface area contributed by atoms with Gasteiger partial charge in [-0.2, -0.15) is 0 Å². The molecule has 0 amide bonds. The number of likely N-dealkylation sites (N-methyl/N-ethyl adjacent to an activating group) is 1. The van der Waals surface area contributed by atoms with Crippen LogP contribution in [0.4, 0.5) is 5.69 Å². The van der Waals surface area contributed by atoms with Gasteiger partial charge in [0.1, 0.15) is 0 Å². The Kier molecular flexibility index (Phi) is 2.00. The minimum atomic E-state index is 0.664. The Morgan fingerprint density at radius 2 is 1.92 bits per heavy atom. The van der Waals surface area contributed by atoms with Crippen molar-refractivity contribution in [1.82, 2.24) is 4.90 Å². The molecular weight excluding hydrogens is 160 g/mol. The second kappa shape index (κ2) is 3.04. The Morgan fingerprint density at radius 1 is 1.23 bits per heavy atom. The van der Waals surface area contributed by atoms with Gasteiger partial charge in [0.05, 0.1) is 0 Å². The Hall–Kier alpha value is -1.02. The van der Waals surface area contributed by atoms with Gasteiger partial charge in [-0.25, -0.2) is 0 Å². The molecule has 0 heterocycles. The van der Waals surface area contributed by atoms with Crippen LogP contribution in [0.5, 0.6) is 0 Å². The molecule has 1 aliphatic carbocycles. The molecule has 1 aromatic rings. The van der Waals surface area contributed by atoms with E-state index in [1.165, 1.54) is 17.5 Å². The Labute approximate surface area is 79.4 Å². The molecule has 0 bridgehead atoms. The van der Waals surface area contributed by atoms with Crippen molar-refractivity contribution in [3.05, 3.63) is 29.3 Å². The number of nitrogen functional groups attached to an aromatic ring is 1. The van der Waals surface area contributed by atoms with E-state index in [4.69, 9.17) is 5.73 Å². The van der Waals surface area contributed by atoms with Gasteiger partial charge in [-0.15, -0.1) is 0 Å². The van der Waals surface area contributed by atoms with Gasteiger partial charge in [0.15, 0.2) is 0 Å². The van der Waals surface area contributed by atoms with Crippen LogP contribution in [0.1, 0.15) is 11.1 Å². The number of nitrogens with two attached hydrogens (primary N) is 1. The fourth-order valence-corrected chi connectivity index (χ4v) is 1.98. The minimum absolute atomic E-state index is 0.664. The summed E-state index contributed by atoms with van der Waals surface area (Å²) < 4.78 is 0. The predicted molar refractivity (Wildman–Crippen MR) is 55.7 cm³/mol. The van der Waals surface area contributed by atoms with Crippen LogP contribution in [-0.4, -0.2) is 25.0 Å². The molecule has 13 heavy (non-hydrogen) atoms. The first-order valence-corrected chi connectivity index (χ1v) is 4.70. The lowest BCUT2D eigenvalue weighted by Crippen LogP contribution is -2.27. The number of hydrogen-bond acceptors (Lipinski definition) is 2. The molecule has 2 N–H and O–H groups in total. The molecule has 0 saturated heterocycles. The topological polar surface area (TPSA) is 29.3 Å². The molecule has 0 fully saturated rings. The molecule has 1 atom stereocenters. The van der Waals surface area contributed by atoms with Crippen molar-refractivity contribution in [1.29, 1.82) is 0 Å². The highest BCUT2D eigenvalue weighted by atomic mass is 15.1. The third kappa shape index (κ3) is 1.54. The first-order chi connectivity index (χ1) is 6.16. The van der Waals surface area contributed by atoms with E-state index in [0.717, 1.165) is 12.1 Å². The van der Waals surface area contributed by atoms with E-state index in [9.17, 15) is 0 Å². The summed E-state index contributed by atoms with van der Waals surface area (Å²) >= 11 is 0. The van der Waals surface area contributed by atoms with Gasteiger partial charge in [0.2, 0.25) is 0 Å². The van der Waals surface area contributed by atoms with Gasteiger partial charge in [-0.3, -0.25) is 0 Å². The number of nitrogens with zero attached hydrogens (tertiary/aromatic N) is 1. The van der Waals surface area contributed by atoms with Crippen molar-refractivity contribution in [2.45, 2.75) is 18.9 Å². The van der Waals surface area contributed by atoms with Crippen molar-refractivity contribution in [2.24, 2.45) is 0 Å². The van der Waals surface area contributed by atoms with Crippen LogP contribution in [-0.2, 0) is 12.8 Å². The molecule has 1 aromatic carbocycles. The maximum atomic E-state index is 5.74. The molecule has 70 valence electrons. The van der Waals surface area contributed by atoms with Gasteiger partial charge < -0.3 is 10.6 Å². The van der Waals surface area contributed by atoms with E-state index in [1.807, 2.05) is 6.07 Å². The molecule has 2 rings (SSSR count). The average Bonchev–Trinajstić information content (AvgIpc) is 2.46. The van der Waals surface area contributed by atoms with E-state index >= 15 is 0 Å². The third-order valence-electron chi connectivity index (χ3n) is 2.87. The fourth-order valence-electron chi connectivity index (χ4n) is 1.98. The summed E-state index contributed by atoms with van der Waals surface area (Å²) in [7, 11) is 4.28. The van der Waals surface area contributed by atoms with Gasteiger partial charge in [0, 0.05) is 11.7 Å². The summed E-state index contributed by atoms with van der Waals surface area (Å²) in [5.74, 6) is 0. The number of rotatable bonds is 1. The largest absolute Gasteiger partial charge is 0.399 e. The van der Waals surface area contributed by atoms with Crippen LogP contribution in [0, 0.1) is 0 Å². The van der Waals surface area contributed by atoms with Crippen LogP contribution in [0.25, 0.3) is 0 Å². The molecule has 1 aliphatic rings. The summed E-state index contributed by atoms with van der Waals surface area (Å²) in [6.07, 6.45) is 2.32. The molecule has 0 aromatic heterocycles. The molecule has 0 spiro atoms. The van der Waals surface area contributed by atoms with Gasteiger partial charge in [0.25, 0.3) is 0 Å². The van der Waals surface area contributed by atoms with Crippen LogP contribution in [0.3, 0.4) is 0 Å². The van der Waals surface area contributed by atoms with Crippen molar-refractivity contribution in [2.75, 3.05) is 19.8 Å². The van der Waals surface area contributed by atoms with Gasteiger partial charge in [-0.05, 0) is 50.2 Å². The highest BCUT2D eigenvalue weighted by Gasteiger charge is 2.22. The van der Waals surface area contributed by atoms with E-state index in [1.54, 1.807) is 0 Å². The molecular formula is C11H16N2. The number of fused-ring (bicyclic) bond motifs is 1. The zero-order valence-corrected chi connectivity index (χ0v) is 8.25. The summed E-state index contributed by atoms with van der Waals surface area (Å²) in [5, 5.41) is 0. The normalized spacial score (nSPS) is 20.7. The third-order valence-corrected chi connectivity index (χ3v) is 2.87. The minimum Gasteiger partial charge on any atom is -0.399 e. The molecule has 2 heteroatoms. The Bertz CT molecular complexity index is 318. The van der Waals surface area contributed by atoms with E-state index in [-0.39, 0.29) is 0 Å². The Balaban J connectivity index is 2.25. The summed E-state index contributed by atoms with van der Waals surface area (Å²) in [6, 6.07) is 6.93. The number of benzene rings is 1. The standard InChI is InChI=1S/C11H16N2/c1-13(2)11-6-8-3-4-10(12)5-9(8)7-11/h3-5,11H,6-7,12H2,1-2H3/t11-/m0/s1. The van der Waals surface area contributed by atoms with Crippen LogP contribution < -0.4 is 5.73 Å². The maximum Gasteiger partial charge on any atom is 0.0316 e. The van der Waals surface area contributed by atoms with Crippen LogP contribution >= 0.6 is 0 Å². The van der Waals surface area contributed by atoms with Crippen LogP contribution in [0.2, 0.25) is 0 Å². The highest BCUT2D eigenvalue weighted by molar-refractivity contribution is 5.47. The van der Waals surface area contributed by atoms with E-state index < -0.39 is 0 Å². The average molecular weight is 176 g/mol. The molecule has 0 radical (unpaired) electrons. The lowest BCUT2D eigenvalue weighted by Gasteiger charge is -2.17. The second-order valence-corrected chi connectivity index (χ2v) is 4.05. The maximum absolute atomic E-state index is 5.74. The highest BCUT2D eigenvalue weighted by Crippen LogP contribution is 2.26. The van der Waals surface area contributed by atoms with Crippen molar-refractivity contribution >= 4 is 5.69 Å². The summed E-state index contributed by atoms with van der Waals surface area (Å²) in [5.41, 5.74) is 9.52. The molecule has 2 nitrogen and oxygen atoms in total. The number of anilines is 1. The summed E-state index contributed by atoms with van der Waals surface area (Å²) in [4.78, 5) is 2.29. The molecule has 0 aliphatic heterocycles. The molecule has 0 saturated carbocycles. The van der Waals surface area contributed by atoms with Crippen molar-refractivity contribution in [3.63, 3.8) is 0 Å². The zero-order valence-electron chi connectivity index (χ0n) is 8.25. The van der Waals surface area contributed by atoms with Crippen molar-refractivity contribution < 1.29 is 0 Å². The Morgan fingerprint density at radius 3 is 2.62 bits per heavy atom. The van der Waals surface area contributed by atoms with Gasteiger partial charge >= 0.3 is 0 Å². The molecule has 0 unspecified atom stereocenters. The first-order valence-electron chi connectivity index (χ1n) is 4.70. The SMILES string of the molecule is CN(C)[C@H]1Cc2ccc(N)cc2C1.